The number of halogens is 1. The van der Waals surface area contributed by atoms with Crippen LogP contribution in [0, 0.1) is 5.82 Å². The number of hydrazone groups is 1. The van der Waals surface area contributed by atoms with E-state index in [0.29, 0.717) is 31.6 Å². The van der Waals surface area contributed by atoms with Crippen LogP contribution in [-0.4, -0.2) is 53.6 Å². The van der Waals surface area contributed by atoms with Crippen LogP contribution in [0.3, 0.4) is 0 Å². The van der Waals surface area contributed by atoms with Crippen molar-refractivity contribution in [1.29, 1.82) is 0 Å². The molecular formula is C17H21FN4O2. The number of hydrogen-bond acceptors (Lipinski definition) is 4. The maximum absolute atomic E-state index is 13.1. The number of amides is 2. The number of nitrogens with zero attached hydrogens (tertiary/aromatic N) is 3. The fourth-order valence-electron chi connectivity index (χ4n) is 3.30. The SMILES string of the molecule is CN1N=C(C(=O)N2CC[C@H](c3ccc(F)cc3)[C@@H](N)C2)CCC1=O. The molecule has 0 saturated carbocycles. The summed E-state index contributed by atoms with van der Waals surface area (Å²) in [6.45, 7) is 1.00. The average Bonchev–Trinajstić information content (AvgIpc) is 2.57. The van der Waals surface area contributed by atoms with Gasteiger partial charge in [-0.2, -0.15) is 5.10 Å². The van der Waals surface area contributed by atoms with E-state index in [2.05, 4.69) is 5.10 Å². The number of nitrogens with two attached hydrogens (primary N) is 1. The lowest BCUT2D eigenvalue weighted by Gasteiger charge is -2.37. The molecule has 2 amide bonds. The Balaban J connectivity index is 1.67. The quantitative estimate of drug-likeness (QED) is 0.880. The Kier molecular flexibility index (Phi) is 4.62. The van der Waals surface area contributed by atoms with Crippen molar-refractivity contribution in [1.82, 2.24) is 9.91 Å². The Morgan fingerprint density at radius 3 is 2.62 bits per heavy atom. The first kappa shape index (κ1) is 16.6. The van der Waals surface area contributed by atoms with E-state index >= 15 is 0 Å². The van der Waals surface area contributed by atoms with Crippen LogP contribution in [0.5, 0.6) is 0 Å². The Labute approximate surface area is 140 Å². The van der Waals surface area contributed by atoms with Gasteiger partial charge in [-0.1, -0.05) is 12.1 Å². The largest absolute Gasteiger partial charge is 0.336 e. The molecule has 2 atom stereocenters. The van der Waals surface area contributed by atoms with Crippen molar-refractivity contribution in [2.75, 3.05) is 20.1 Å². The van der Waals surface area contributed by atoms with Gasteiger partial charge < -0.3 is 10.6 Å². The zero-order chi connectivity index (χ0) is 17.3. The fraction of sp³-hybridized carbons (Fsp3) is 0.471. The highest BCUT2D eigenvalue weighted by molar-refractivity contribution is 6.39. The molecule has 24 heavy (non-hydrogen) atoms. The summed E-state index contributed by atoms with van der Waals surface area (Å²) in [5.74, 6) is -0.401. The normalized spacial score (nSPS) is 24.8. The van der Waals surface area contributed by atoms with Crippen molar-refractivity contribution >= 4 is 17.5 Å². The van der Waals surface area contributed by atoms with Gasteiger partial charge in [0.25, 0.3) is 5.91 Å². The number of hydrogen-bond donors (Lipinski definition) is 1. The smallest absolute Gasteiger partial charge is 0.270 e. The van der Waals surface area contributed by atoms with Crippen molar-refractivity contribution < 1.29 is 14.0 Å². The Hall–Kier alpha value is -2.28. The first-order chi connectivity index (χ1) is 11.5. The van der Waals surface area contributed by atoms with Crippen LogP contribution < -0.4 is 5.73 Å². The van der Waals surface area contributed by atoms with Crippen molar-refractivity contribution in [3.63, 3.8) is 0 Å². The van der Waals surface area contributed by atoms with Crippen molar-refractivity contribution in [2.45, 2.75) is 31.2 Å². The molecular weight excluding hydrogens is 311 g/mol. The standard InChI is InChI=1S/C17H21FN4O2/c1-21-16(23)7-6-15(20-21)17(24)22-9-8-13(14(19)10-22)11-2-4-12(18)5-3-11/h2-5,13-14H,6-10,19H2,1H3/t13-,14+/m1/s1. The molecule has 0 aromatic heterocycles. The maximum Gasteiger partial charge on any atom is 0.270 e. The number of carbonyl (C=O) groups is 2. The summed E-state index contributed by atoms with van der Waals surface area (Å²) in [6, 6.07) is 6.16. The first-order valence-electron chi connectivity index (χ1n) is 8.10. The molecule has 1 aromatic carbocycles. The molecule has 0 spiro atoms. The van der Waals surface area contributed by atoms with Crippen molar-refractivity contribution in [3.8, 4) is 0 Å². The van der Waals surface area contributed by atoms with E-state index in [1.807, 2.05) is 0 Å². The minimum absolute atomic E-state index is 0.0849. The molecule has 2 aliphatic heterocycles. The van der Waals surface area contributed by atoms with E-state index in [1.165, 1.54) is 17.1 Å². The highest BCUT2D eigenvalue weighted by Crippen LogP contribution is 2.28. The van der Waals surface area contributed by atoms with Gasteiger partial charge in [-0.3, -0.25) is 9.59 Å². The average molecular weight is 332 g/mol. The first-order valence-corrected chi connectivity index (χ1v) is 8.10. The maximum atomic E-state index is 13.1. The number of piperidine rings is 1. The summed E-state index contributed by atoms with van der Waals surface area (Å²) in [7, 11) is 1.56. The van der Waals surface area contributed by atoms with Gasteiger partial charge in [-0.15, -0.1) is 0 Å². The van der Waals surface area contributed by atoms with Gasteiger partial charge in [-0.05, 0) is 24.1 Å². The zero-order valence-corrected chi connectivity index (χ0v) is 13.6. The minimum Gasteiger partial charge on any atom is -0.336 e. The molecule has 2 heterocycles. The van der Waals surface area contributed by atoms with Gasteiger partial charge in [-0.25, -0.2) is 9.40 Å². The van der Waals surface area contributed by atoms with Crippen LogP contribution >= 0.6 is 0 Å². The van der Waals surface area contributed by atoms with Crippen LogP contribution in [-0.2, 0) is 9.59 Å². The monoisotopic (exact) mass is 332 g/mol. The summed E-state index contributed by atoms with van der Waals surface area (Å²) in [5.41, 5.74) is 7.67. The molecule has 2 N–H and O–H groups in total. The molecule has 2 aliphatic rings. The third-order valence-corrected chi connectivity index (χ3v) is 4.70. The lowest BCUT2D eigenvalue weighted by molar-refractivity contribution is -0.131. The van der Waals surface area contributed by atoms with Crippen LogP contribution in [0.1, 0.15) is 30.7 Å². The van der Waals surface area contributed by atoms with Gasteiger partial charge in [0.15, 0.2) is 0 Å². The predicted molar refractivity (Wildman–Crippen MR) is 87.8 cm³/mol. The van der Waals surface area contributed by atoms with E-state index in [9.17, 15) is 14.0 Å². The molecule has 0 aliphatic carbocycles. The van der Waals surface area contributed by atoms with E-state index in [-0.39, 0.29) is 29.6 Å². The third kappa shape index (κ3) is 3.31. The molecule has 7 heteroatoms. The highest BCUT2D eigenvalue weighted by Gasteiger charge is 2.33. The molecule has 1 aromatic rings. The van der Waals surface area contributed by atoms with E-state index in [4.69, 9.17) is 5.73 Å². The molecule has 128 valence electrons. The van der Waals surface area contributed by atoms with Crippen molar-refractivity contribution in [2.24, 2.45) is 10.8 Å². The summed E-state index contributed by atoms with van der Waals surface area (Å²) >= 11 is 0. The Bertz CT molecular complexity index is 674. The number of rotatable bonds is 2. The second-order valence-corrected chi connectivity index (χ2v) is 6.33. The Morgan fingerprint density at radius 2 is 2.00 bits per heavy atom. The highest BCUT2D eigenvalue weighted by atomic mass is 19.1. The summed E-state index contributed by atoms with van der Waals surface area (Å²) in [6.07, 6.45) is 1.40. The van der Waals surface area contributed by atoms with Gasteiger partial charge >= 0.3 is 0 Å². The number of likely N-dealkylation sites (tertiary alicyclic amines) is 1. The van der Waals surface area contributed by atoms with Gasteiger partial charge in [0.1, 0.15) is 11.5 Å². The van der Waals surface area contributed by atoms with Crippen LogP contribution in [0.2, 0.25) is 0 Å². The van der Waals surface area contributed by atoms with Gasteiger partial charge in [0, 0.05) is 44.9 Å². The molecule has 0 radical (unpaired) electrons. The van der Waals surface area contributed by atoms with Crippen molar-refractivity contribution in [3.05, 3.63) is 35.6 Å². The summed E-state index contributed by atoms with van der Waals surface area (Å²) < 4.78 is 13.1. The molecule has 1 saturated heterocycles. The third-order valence-electron chi connectivity index (χ3n) is 4.70. The summed E-state index contributed by atoms with van der Waals surface area (Å²) in [4.78, 5) is 25.8. The topological polar surface area (TPSA) is 79.0 Å². The number of carbonyl (C=O) groups excluding carboxylic acids is 2. The molecule has 0 bridgehead atoms. The van der Waals surface area contributed by atoms with Crippen LogP contribution in [0.15, 0.2) is 29.4 Å². The molecule has 3 rings (SSSR count). The van der Waals surface area contributed by atoms with E-state index in [1.54, 1.807) is 24.1 Å². The van der Waals surface area contributed by atoms with Gasteiger partial charge in [0.05, 0.1) is 0 Å². The molecule has 0 unspecified atom stereocenters. The second kappa shape index (κ2) is 6.68. The second-order valence-electron chi connectivity index (χ2n) is 6.33. The van der Waals surface area contributed by atoms with E-state index in [0.717, 1.165) is 12.0 Å². The zero-order valence-electron chi connectivity index (χ0n) is 13.6. The Morgan fingerprint density at radius 1 is 1.29 bits per heavy atom. The summed E-state index contributed by atoms with van der Waals surface area (Å²) in [5, 5.41) is 5.30. The minimum atomic E-state index is -0.270. The lowest BCUT2D eigenvalue weighted by Crippen LogP contribution is -2.52. The van der Waals surface area contributed by atoms with E-state index < -0.39 is 0 Å². The number of benzene rings is 1. The molecule has 1 fully saturated rings. The molecule has 6 nitrogen and oxygen atoms in total. The van der Waals surface area contributed by atoms with Crippen LogP contribution in [0.25, 0.3) is 0 Å². The fourth-order valence-corrected chi connectivity index (χ4v) is 3.30. The van der Waals surface area contributed by atoms with Crippen LogP contribution in [0.4, 0.5) is 4.39 Å². The predicted octanol–water partition coefficient (Wildman–Crippen LogP) is 1.08. The lowest BCUT2D eigenvalue weighted by atomic mass is 9.85. The van der Waals surface area contributed by atoms with Gasteiger partial charge in [0.2, 0.25) is 5.91 Å².